The summed E-state index contributed by atoms with van der Waals surface area (Å²) in [6.45, 7) is 0. The van der Waals surface area contributed by atoms with Gasteiger partial charge in [-0.15, -0.1) is 0 Å². The summed E-state index contributed by atoms with van der Waals surface area (Å²) in [7, 11) is 0. The van der Waals surface area contributed by atoms with E-state index in [-0.39, 0.29) is 11.8 Å². The van der Waals surface area contributed by atoms with Gasteiger partial charge in [0.15, 0.2) is 0 Å². The molecule has 1 fully saturated rings. The molecule has 0 radical (unpaired) electrons. The van der Waals surface area contributed by atoms with Crippen LogP contribution in [0.25, 0.3) is 0 Å². The molecule has 1 aliphatic carbocycles. The second kappa shape index (κ2) is 4.53. The monoisotopic (exact) mass is 238 g/mol. The molecule has 0 bridgehead atoms. The molecule has 0 aliphatic heterocycles. The molecule has 0 spiro atoms. The highest BCUT2D eigenvalue weighted by atomic mass is 35.5. The Morgan fingerprint density at radius 3 is 2.69 bits per heavy atom. The van der Waals surface area contributed by atoms with Crippen molar-refractivity contribution in [2.75, 3.05) is 5.32 Å². The lowest BCUT2D eigenvalue weighted by Gasteiger charge is -2.06. The molecule has 5 heteroatoms. The molecule has 1 aromatic carbocycles. The molecule has 0 aromatic heterocycles. The third-order valence-electron chi connectivity index (χ3n) is 2.27. The van der Waals surface area contributed by atoms with Crippen molar-refractivity contribution in [3.05, 3.63) is 29.3 Å². The van der Waals surface area contributed by atoms with Crippen molar-refractivity contribution in [1.29, 1.82) is 0 Å². The van der Waals surface area contributed by atoms with Crippen LogP contribution in [0, 0.1) is 5.92 Å². The summed E-state index contributed by atoms with van der Waals surface area (Å²) in [5.74, 6) is -0.190. The molecule has 2 rings (SSSR count). The predicted molar refractivity (Wildman–Crippen MR) is 61.3 cm³/mol. The van der Waals surface area contributed by atoms with Crippen LogP contribution < -0.4 is 10.6 Å². The van der Waals surface area contributed by atoms with Gasteiger partial charge in [-0.05, 0) is 31.0 Å². The second-order valence-electron chi connectivity index (χ2n) is 3.73. The standard InChI is InChI=1S/C11H11ClN2O2/c12-8-2-1-3-9(6-8)13-11(16)14-10(15)7-4-5-7/h1-3,6-7H,4-5H2,(H2,13,14,15,16). The minimum atomic E-state index is -0.515. The topological polar surface area (TPSA) is 58.2 Å². The third-order valence-corrected chi connectivity index (χ3v) is 2.50. The molecule has 0 saturated heterocycles. The summed E-state index contributed by atoms with van der Waals surface area (Å²) >= 11 is 5.76. The van der Waals surface area contributed by atoms with Crippen LogP contribution in [0.4, 0.5) is 10.5 Å². The van der Waals surface area contributed by atoms with Crippen LogP contribution in [0.3, 0.4) is 0 Å². The minimum Gasteiger partial charge on any atom is -0.308 e. The molecular weight excluding hydrogens is 228 g/mol. The smallest absolute Gasteiger partial charge is 0.308 e. The Hall–Kier alpha value is -1.55. The molecule has 84 valence electrons. The van der Waals surface area contributed by atoms with Gasteiger partial charge in [0.25, 0.3) is 0 Å². The second-order valence-corrected chi connectivity index (χ2v) is 4.16. The van der Waals surface area contributed by atoms with E-state index in [0.717, 1.165) is 12.8 Å². The van der Waals surface area contributed by atoms with E-state index in [0.29, 0.717) is 10.7 Å². The maximum absolute atomic E-state index is 11.4. The zero-order valence-corrected chi connectivity index (χ0v) is 9.25. The summed E-state index contributed by atoms with van der Waals surface area (Å²) in [4.78, 5) is 22.7. The molecule has 2 N–H and O–H groups in total. The fourth-order valence-corrected chi connectivity index (χ4v) is 1.48. The first-order valence-electron chi connectivity index (χ1n) is 5.02. The molecule has 0 heterocycles. The lowest BCUT2D eigenvalue weighted by molar-refractivity contribution is -0.121. The number of carbonyl (C=O) groups excluding carboxylic acids is 2. The van der Waals surface area contributed by atoms with Crippen LogP contribution in [0.15, 0.2) is 24.3 Å². The van der Waals surface area contributed by atoms with E-state index in [1.54, 1.807) is 24.3 Å². The van der Waals surface area contributed by atoms with E-state index in [9.17, 15) is 9.59 Å². The van der Waals surface area contributed by atoms with Gasteiger partial charge in [-0.3, -0.25) is 10.1 Å². The van der Waals surface area contributed by atoms with Crippen LogP contribution in [-0.2, 0) is 4.79 Å². The SMILES string of the molecule is O=C(NC(=O)C1CC1)Nc1cccc(Cl)c1. The van der Waals surface area contributed by atoms with Gasteiger partial charge < -0.3 is 5.32 Å². The highest BCUT2D eigenvalue weighted by Gasteiger charge is 2.30. The minimum absolute atomic E-state index is 0.0186. The molecule has 0 atom stereocenters. The maximum atomic E-state index is 11.4. The van der Waals surface area contributed by atoms with E-state index in [1.165, 1.54) is 0 Å². The van der Waals surface area contributed by atoms with Gasteiger partial charge in [0.1, 0.15) is 0 Å². The van der Waals surface area contributed by atoms with E-state index >= 15 is 0 Å². The quantitative estimate of drug-likeness (QED) is 0.831. The Balaban J connectivity index is 1.89. The van der Waals surface area contributed by atoms with Gasteiger partial charge in [-0.25, -0.2) is 4.79 Å². The normalized spacial score (nSPS) is 14.3. The number of imide groups is 1. The van der Waals surface area contributed by atoms with E-state index in [4.69, 9.17) is 11.6 Å². The Morgan fingerprint density at radius 1 is 1.31 bits per heavy atom. The number of benzene rings is 1. The van der Waals surface area contributed by atoms with Gasteiger partial charge in [-0.1, -0.05) is 17.7 Å². The summed E-state index contributed by atoms with van der Waals surface area (Å²) in [5.41, 5.74) is 0.564. The number of hydrogen-bond donors (Lipinski definition) is 2. The molecule has 3 amide bonds. The first kappa shape index (κ1) is 11.0. The van der Waals surface area contributed by atoms with Gasteiger partial charge in [0, 0.05) is 16.6 Å². The number of amides is 3. The zero-order chi connectivity index (χ0) is 11.5. The lowest BCUT2D eigenvalue weighted by atomic mass is 10.3. The Kier molecular flexibility index (Phi) is 3.10. The van der Waals surface area contributed by atoms with Gasteiger partial charge in [0.05, 0.1) is 0 Å². The average Bonchev–Trinajstić information content (AvgIpc) is 2.99. The summed E-state index contributed by atoms with van der Waals surface area (Å²) in [5, 5.41) is 5.35. The van der Waals surface area contributed by atoms with Gasteiger partial charge in [-0.2, -0.15) is 0 Å². The molecule has 16 heavy (non-hydrogen) atoms. The molecule has 1 aromatic rings. The first-order chi connectivity index (χ1) is 7.65. The van der Waals surface area contributed by atoms with Crippen molar-refractivity contribution in [2.24, 2.45) is 5.92 Å². The van der Waals surface area contributed by atoms with Crippen LogP contribution in [0.1, 0.15) is 12.8 Å². The Bertz CT molecular complexity index is 430. The van der Waals surface area contributed by atoms with Crippen molar-refractivity contribution in [3.8, 4) is 0 Å². The van der Waals surface area contributed by atoms with E-state index < -0.39 is 6.03 Å². The highest BCUT2D eigenvalue weighted by molar-refractivity contribution is 6.30. The van der Waals surface area contributed by atoms with Crippen molar-refractivity contribution in [2.45, 2.75) is 12.8 Å². The lowest BCUT2D eigenvalue weighted by Crippen LogP contribution is -2.35. The number of hydrogen-bond acceptors (Lipinski definition) is 2. The molecular formula is C11H11ClN2O2. The van der Waals surface area contributed by atoms with Crippen LogP contribution in [0.5, 0.6) is 0 Å². The van der Waals surface area contributed by atoms with Gasteiger partial charge in [0.2, 0.25) is 5.91 Å². The van der Waals surface area contributed by atoms with Crippen molar-refractivity contribution in [1.82, 2.24) is 5.32 Å². The van der Waals surface area contributed by atoms with Crippen molar-refractivity contribution >= 4 is 29.2 Å². The molecule has 1 aliphatic rings. The van der Waals surface area contributed by atoms with Gasteiger partial charge >= 0.3 is 6.03 Å². The van der Waals surface area contributed by atoms with Crippen LogP contribution in [0.2, 0.25) is 5.02 Å². The number of nitrogens with one attached hydrogen (secondary N) is 2. The fourth-order valence-electron chi connectivity index (χ4n) is 1.29. The highest BCUT2D eigenvalue weighted by Crippen LogP contribution is 2.28. The van der Waals surface area contributed by atoms with E-state index in [2.05, 4.69) is 10.6 Å². The number of carbonyl (C=O) groups is 2. The molecule has 1 saturated carbocycles. The summed E-state index contributed by atoms with van der Waals surface area (Å²) in [6.07, 6.45) is 1.74. The number of halogens is 1. The number of urea groups is 1. The van der Waals surface area contributed by atoms with Crippen LogP contribution in [-0.4, -0.2) is 11.9 Å². The number of rotatable bonds is 2. The fraction of sp³-hybridized carbons (Fsp3) is 0.273. The largest absolute Gasteiger partial charge is 0.325 e. The zero-order valence-electron chi connectivity index (χ0n) is 8.50. The predicted octanol–water partition coefficient (Wildman–Crippen LogP) is 2.40. The Morgan fingerprint density at radius 2 is 2.06 bits per heavy atom. The van der Waals surface area contributed by atoms with Crippen molar-refractivity contribution < 1.29 is 9.59 Å². The molecule has 4 nitrogen and oxygen atoms in total. The van der Waals surface area contributed by atoms with Crippen LogP contribution >= 0.6 is 11.6 Å². The number of anilines is 1. The average molecular weight is 239 g/mol. The summed E-state index contributed by atoms with van der Waals surface area (Å²) in [6, 6.07) is 6.23. The molecule has 0 unspecified atom stereocenters. The summed E-state index contributed by atoms with van der Waals surface area (Å²) < 4.78 is 0. The first-order valence-corrected chi connectivity index (χ1v) is 5.40. The Labute approximate surface area is 98.0 Å². The third kappa shape index (κ3) is 2.97. The van der Waals surface area contributed by atoms with Crippen molar-refractivity contribution in [3.63, 3.8) is 0 Å². The maximum Gasteiger partial charge on any atom is 0.325 e. The van der Waals surface area contributed by atoms with E-state index in [1.807, 2.05) is 0 Å².